The van der Waals surface area contributed by atoms with Crippen LogP contribution >= 0.6 is 34.1 Å². The Morgan fingerprint density at radius 1 is 1.29 bits per heavy atom. The Labute approximate surface area is 136 Å². The Morgan fingerprint density at radius 3 is 2.81 bits per heavy atom. The summed E-state index contributed by atoms with van der Waals surface area (Å²) in [6.07, 6.45) is 0. The largest absolute Gasteiger partial charge is 0.392 e. The first kappa shape index (κ1) is 14.5. The fraction of sp³-hybridized carbons (Fsp3) is 0.0769. The van der Waals surface area contributed by atoms with Gasteiger partial charge in [-0.15, -0.1) is 5.10 Å². The number of nitrogens with one attached hydrogen (secondary N) is 1. The lowest BCUT2D eigenvalue weighted by Gasteiger charge is -2.13. The summed E-state index contributed by atoms with van der Waals surface area (Å²) in [4.78, 5) is 0. The third kappa shape index (κ3) is 2.70. The van der Waals surface area contributed by atoms with Crippen molar-refractivity contribution in [3.8, 4) is 0 Å². The summed E-state index contributed by atoms with van der Waals surface area (Å²) in [5.41, 5.74) is 0.569. The molecule has 0 bridgehead atoms. The van der Waals surface area contributed by atoms with Gasteiger partial charge in [0.15, 0.2) is 5.82 Å². The molecule has 1 aromatic heterocycles. The molecule has 8 heteroatoms. The lowest BCUT2D eigenvalue weighted by Crippen LogP contribution is -2.02. The highest BCUT2D eigenvalue weighted by molar-refractivity contribution is 14.1. The second kappa shape index (κ2) is 5.78. The van der Waals surface area contributed by atoms with Crippen LogP contribution in [-0.4, -0.2) is 14.7 Å². The summed E-state index contributed by atoms with van der Waals surface area (Å²) in [5.74, 6) is -1.15. The van der Waals surface area contributed by atoms with Crippen molar-refractivity contribution in [2.24, 2.45) is 0 Å². The Kier molecular flexibility index (Phi) is 4.00. The maximum Gasteiger partial charge on any atom is 0.176 e. The van der Waals surface area contributed by atoms with Crippen molar-refractivity contribution >= 4 is 55.7 Å². The van der Waals surface area contributed by atoms with E-state index in [4.69, 9.17) is 0 Å². The number of halogens is 3. The number of rotatable bonds is 3. The minimum atomic E-state index is -0.650. The number of nitrogens with zero attached hydrogens (tertiary/aromatic N) is 2. The van der Waals surface area contributed by atoms with Crippen molar-refractivity contribution in [2.45, 2.75) is 6.61 Å². The summed E-state index contributed by atoms with van der Waals surface area (Å²) in [6.45, 7) is -0.376. The van der Waals surface area contributed by atoms with Crippen LogP contribution in [-0.2, 0) is 6.61 Å². The van der Waals surface area contributed by atoms with E-state index in [1.54, 1.807) is 12.1 Å². The molecule has 0 aliphatic carbocycles. The predicted molar refractivity (Wildman–Crippen MR) is 85.7 cm³/mol. The van der Waals surface area contributed by atoms with Crippen molar-refractivity contribution in [1.29, 1.82) is 0 Å². The number of aromatic nitrogens is 2. The van der Waals surface area contributed by atoms with E-state index in [1.165, 1.54) is 12.1 Å². The molecule has 4 nitrogen and oxygen atoms in total. The molecule has 0 saturated carbocycles. The summed E-state index contributed by atoms with van der Waals surface area (Å²) >= 11 is 3.02. The molecule has 0 unspecified atom stereocenters. The van der Waals surface area contributed by atoms with E-state index in [2.05, 4.69) is 14.9 Å². The summed E-state index contributed by atoms with van der Waals surface area (Å²) < 4.78 is 33.3. The molecule has 1 heterocycles. The van der Waals surface area contributed by atoms with Crippen molar-refractivity contribution < 1.29 is 13.9 Å². The highest BCUT2D eigenvalue weighted by Gasteiger charge is 2.17. The molecule has 0 fully saturated rings. The molecule has 0 amide bonds. The second-order valence-corrected chi connectivity index (χ2v) is 6.28. The molecule has 0 spiro atoms. The Hall–Kier alpha value is -1.39. The quantitative estimate of drug-likeness (QED) is 0.635. The van der Waals surface area contributed by atoms with E-state index in [1.807, 2.05) is 22.6 Å². The van der Waals surface area contributed by atoms with Gasteiger partial charge in [0.2, 0.25) is 0 Å². The molecule has 3 aromatic rings. The average molecular weight is 419 g/mol. The maximum atomic E-state index is 14.5. The molecule has 0 saturated heterocycles. The topological polar surface area (TPSA) is 58.0 Å². The molecule has 2 aromatic carbocycles. The highest BCUT2D eigenvalue weighted by atomic mass is 127. The number of hydrogen-bond acceptors (Lipinski definition) is 5. The lowest BCUT2D eigenvalue weighted by molar-refractivity contribution is 0.282. The van der Waals surface area contributed by atoms with Crippen LogP contribution in [0.2, 0.25) is 0 Å². The van der Waals surface area contributed by atoms with E-state index in [0.29, 0.717) is 10.3 Å². The van der Waals surface area contributed by atoms with E-state index in [0.717, 1.165) is 15.1 Å². The molecular weight excluding hydrogens is 411 g/mol. The number of aliphatic hydroxyl groups excluding tert-OH is 1. The van der Waals surface area contributed by atoms with Gasteiger partial charge in [0, 0.05) is 9.13 Å². The van der Waals surface area contributed by atoms with Crippen molar-refractivity contribution in [1.82, 2.24) is 9.59 Å². The van der Waals surface area contributed by atoms with Crippen LogP contribution in [0.1, 0.15) is 5.56 Å². The lowest BCUT2D eigenvalue weighted by atomic mass is 10.1. The molecule has 21 heavy (non-hydrogen) atoms. The number of hydrogen-bond donors (Lipinski definition) is 2. The normalized spacial score (nSPS) is 11.0. The Morgan fingerprint density at radius 2 is 2.10 bits per heavy atom. The van der Waals surface area contributed by atoms with Gasteiger partial charge in [-0.05, 0) is 58.4 Å². The van der Waals surface area contributed by atoms with Gasteiger partial charge in [-0.25, -0.2) is 8.78 Å². The molecule has 2 N–H and O–H groups in total. The molecule has 0 aliphatic heterocycles. The first-order valence-electron chi connectivity index (χ1n) is 5.86. The van der Waals surface area contributed by atoms with Crippen LogP contribution in [0.3, 0.4) is 0 Å². The average Bonchev–Trinajstić information content (AvgIpc) is 2.92. The van der Waals surface area contributed by atoms with Crippen LogP contribution in [0.4, 0.5) is 20.2 Å². The van der Waals surface area contributed by atoms with Crippen molar-refractivity contribution in [3.63, 3.8) is 0 Å². The first-order chi connectivity index (χ1) is 10.1. The van der Waals surface area contributed by atoms with Crippen molar-refractivity contribution in [2.75, 3.05) is 5.32 Å². The first-order valence-corrected chi connectivity index (χ1v) is 7.71. The summed E-state index contributed by atoms with van der Waals surface area (Å²) in [6, 6.07) is 6.14. The minimum Gasteiger partial charge on any atom is -0.392 e. The van der Waals surface area contributed by atoms with E-state index in [-0.39, 0.29) is 23.5 Å². The predicted octanol–water partition coefficient (Wildman–Crippen LogP) is 3.81. The number of anilines is 2. The highest BCUT2D eigenvalue weighted by Crippen LogP contribution is 2.32. The summed E-state index contributed by atoms with van der Waals surface area (Å²) in [5, 5.41) is 15.8. The van der Waals surface area contributed by atoms with Gasteiger partial charge in [-0.1, -0.05) is 4.49 Å². The van der Waals surface area contributed by atoms with Gasteiger partial charge in [0.05, 0.1) is 22.7 Å². The van der Waals surface area contributed by atoms with Gasteiger partial charge < -0.3 is 10.4 Å². The smallest absolute Gasteiger partial charge is 0.176 e. The molecule has 0 aliphatic rings. The number of benzene rings is 2. The van der Waals surface area contributed by atoms with Gasteiger partial charge in [-0.2, -0.15) is 0 Å². The third-order valence-corrected chi connectivity index (χ3v) is 4.27. The zero-order valence-corrected chi connectivity index (χ0v) is 13.4. The van der Waals surface area contributed by atoms with E-state index in [9.17, 15) is 13.9 Å². The SMILES string of the molecule is OCc1cc2snnc2c(F)c1Nc1ccc(I)cc1F. The molecular formula is C13H8F2IN3OS. The van der Waals surface area contributed by atoms with Gasteiger partial charge in [-0.3, -0.25) is 0 Å². The van der Waals surface area contributed by atoms with E-state index < -0.39 is 11.6 Å². The monoisotopic (exact) mass is 419 g/mol. The molecule has 108 valence electrons. The van der Waals surface area contributed by atoms with Crippen LogP contribution in [0.15, 0.2) is 24.3 Å². The van der Waals surface area contributed by atoms with Gasteiger partial charge in [0.25, 0.3) is 0 Å². The fourth-order valence-electron chi connectivity index (χ4n) is 1.92. The fourth-order valence-corrected chi connectivity index (χ4v) is 3.00. The maximum absolute atomic E-state index is 14.5. The van der Waals surface area contributed by atoms with Crippen LogP contribution in [0.5, 0.6) is 0 Å². The Balaban J connectivity index is 2.12. The van der Waals surface area contributed by atoms with Gasteiger partial charge in [0.1, 0.15) is 11.3 Å². The van der Waals surface area contributed by atoms with Crippen LogP contribution in [0.25, 0.3) is 10.2 Å². The standard InChI is InChI=1S/C13H8F2IN3OS/c14-8-4-7(16)1-2-9(8)17-12-6(5-20)3-10-13(11(12)15)18-19-21-10/h1-4,17,20H,5H2. The summed E-state index contributed by atoms with van der Waals surface area (Å²) in [7, 11) is 0. The zero-order valence-electron chi connectivity index (χ0n) is 10.4. The zero-order chi connectivity index (χ0) is 15.0. The number of fused-ring (bicyclic) bond motifs is 1. The molecule has 0 atom stereocenters. The van der Waals surface area contributed by atoms with Crippen LogP contribution < -0.4 is 5.32 Å². The molecule has 3 rings (SSSR count). The third-order valence-electron chi connectivity index (χ3n) is 2.93. The van der Waals surface area contributed by atoms with E-state index >= 15 is 0 Å². The Bertz CT molecular complexity index is 825. The van der Waals surface area contributed by atoms with Crippen molar-refractivity contribution in [3.05, 3.63) is 45.0 Å². The van der Waals surface area contributed by atoms with Crippen LogP contribution in [0, 0.1) is 15.2 Å². The van der Waals surface area contributed by atoms with Gasteiger partial charge >= 0.3 is 0 Å². The molecule has 0 radical (unpaired) electrons. The second-order valence-electron chi connectivity index (χ2n) is 4.25. The number of aliphatic hydroxyl groups is 1. The minimum absolute atomic E-state index is 0.0119.